The van der Waals surface area contributed by atoms with Crippen molar-refractivity contribution in [3.63, 3.8) is 0 Å². The summed E-state index contributed by atoms with van der Waals surface area (Å²) < 4.78 is 2.35. The van der Waals surface area contributed by atoms with Crippen molar-refractivity contribution in [1.82, 2.24) is 4.57 Å². The molecule has 6 aromatic carbocycles. The second kappa shape index (κ2) is 9.65. The van der Waals surface area contributed by atoms with Gasteiger partial charge in [0.2, 0.25) is 0 Å². The molecule has 2 heterocycles. The quantitative estimate of drug-likeness (QED) is 0.244. The molecule has 41 heavy (non-hydrogen) atoms. The molecule has 194 valence electrons. The highest BCUT2D eigenvalue weighted by Gasteiger charge is 2.22. The van der Waals surface area contributed by atoms with Crippen LogP contribution in [0.5, 0.6) is 0 Å². The molecule has 0 saturated heterocycles. The lowest BCUT2D eigenvalue weighted by Crippen LogP contribution is -2.20. The molecular weight excluding hydrogens is 498 g/mol. The van der Waals surface area contributed by atoms with E-state index in [9.17, 15) is 0 Å². The van der Waals surface area contributed by atoms with Gasteiger partial charge >= 0.3 is 0 Å². The number of anilines is 1. The standard InChI is InChI=1S/C38H27N3/c1-2-10-26(11-3-1)27-18-20-28(21-19-27)37-33-14-4-7-15-34(33)39-38(40-37)29-22-24-30(25-23-29)41-35-16-8-5-12-31(35)32-13-6-9-17-36(32)41/h1-25,38-39H. The normalized spacial score (nSPS) is 14.4. The van der Waals surface area contributed by atoms with Crippen molar-refractivity contribution >= 4 is 33.2 Å². The van der Waals surface area contributed by atoms with Crippen LogP contribution in [0, 0.1) is 0 Å². The fraction of sp³-hybridized carbons (Fsp3) is 0.0263. The van der Waals surface area contributed by atoms with Crippen molar-refractivity contribution in [2.75, 3.05) is 5.32 Å². The molecule has 0 bridgehead atoms. The van der Waals surface area contributed by atoms with Gasteiger partial charge in [0.15, 0.2) is 0 Å². The van der Waals surface area contributed by atoms with E-state index in [0.29, 0.717) is 0 Å². The molecule has 0 saturated carbocycles. The Hall–Kier alpha value is -5.41. The zero-order valence-electron chi connectivity index (χ0n) is 22.4. The predicted octanol–water partition coefficient (Wildman–Crippen LogP) is 9.41. The summed E-state index contributed by atoms with van der Waals surface area (Å²) in [6, 6.07) is 53.7. The number of nitrogens with one attached hydrogen (secondary N) is 1. The SMILES string of the molecule is c1ccc(-c2ccc(C3=NC(c4ccc(-n5c6ccccc6c6ccccc65)cc4)Nc4ccccc43)cc2)cc1. The second-order valence-corrected chi connectivity index (χ2v) is 10.5. The Bertz CT molecular complexity index is 2000. The Labute approximate surface area is 239 Å². The summed E-state index contributed by atoms with van der Waals surface area (Å²) >= 11 is 0. The summed E-state index contributed by atoms with van der Waals surface area (Å²) in [5.41, 5.74) is 11.5. The number of hydrogen-bond donors (Lipinski definition) is 1. The van der Waals surface area contributed by atoms with E-state index in [1.54, 1.807) is 0 Å². The third-order valence-electron chi connectivity index (χ3n) is 8.05. The number of benzene rings is 6. The molecule has 1 aliphatic heterocycles. The van der Waals surface area contributed by atoms with E-state index in [1.165, 1.54) is 32.9 Å². The molecule has 1 atom stereocenters. The highest BCUT2D eigenvalue weighted by atomic mass is 15.1. The van der Waals surface area contributed by atoms with Gasteiger partial charge in [0.05, 0.1) is 16.7 Å². The van der Waals surface area contributed by atoms with Crippen LogP contribution in [0.25, 0.3) is 38.6 Å². The molecular formula is C38H27N3. The maximum atomic E-state index is 5.26. The van der Waals surface area contributed by atoms with Crippen molar-refractivity contribution in [3.8, 4) is 16.8 Å². The molecule has 0 aliphatic carbocycles. The Kier molecular flexibility index (Phi) is 5.53. The summed E-state index contributed by atoms with van der Waals surface area (Å²) in [5, 5.41) is 6.21. The van der Waals surface area contributed by atoms with Crippen LogP contribution in [-0.4, -0.2) is 10.3 Å². The molecule has 1 unspecified atom stereocenters. The maximum Gasteiger partial charge on any atom is 0.145 e. The Morgan fingerprint density at radius 3 is 1.76 bits per heavy atom. The van der Waals surface area contributed by atoms with E-state index in [4.69, 9.17) is 4.99 Å². The molecule has 3 nitrogen and oxygen atoms in total. The molecule has 0 spiro atoms. The van der Waals surface area contributed by atoms with Gasteiger partial charge in [-0.05, 0) is 47.0 Å². The maximum absolute atomic E-state index is 5.26. The fourth-order valence-corrected chi connectivity index (χ4v) is 6.04. The first-order valence-electron chi connectivity index (χ1n) is 14.0. The van der Waals surface area contributed by atoms with Gasteiger partial charge in [0.1, 0.15) is 6.17 Å². The topological polar surface area (TPSA) is 29.3 Å². The van der Waals surface area contributed by atoms with Crippen molar-refractivity contribution < 1.29 is 0 Å². The predicted molar refractivity (Wildman–Crippen MR) is 171 cm³/mol. The largest absolute Gasteiger partial charge is 0.360 e. The molecule has 3 heteroatoms. The van der Waals surface area contributed by atoms with Gasteiger partial charge in [0, 0.05) is 33.3 Å². The number of hydrogen-bond acceptors (Lipinski definition) is 2. The van der Waals surface area contributed by atoms with Crippen LogP contribution in [0.3, 0.4) is 0 Å². The highest BCUT2D eigenvalue weighted by Crippen LogP contribution is 2.35. The van der Waals surface area contributed by atoms with Gasteiger partial charge in [-0.15, -0.1) is 0 Å². The number of aromatic nitrogens is 1. The molecule has 1 N–H and O–H groups in total. The molecule has 0 amide bonds. The van der Waals surface area contributed by atoms with E-state index in [2.05, 4.69) is 155 Å². The van der Waals surface area contributed by atoms with Crippen LogP contribution in [0.15, 0.2) is 157 Å². The first-order chi connectivity index (χ1) is 20.3. The van der Waals surface area contributed by atoms with E-state index >= 15 is 0 Å². The van der Waals surface area contributed by atoms with Gasteiger partial charge in [0.25, 0.3) is 0 Å². The minimum Gasteiger partial charge on any atom is -0.360 e. The lowest BCUT2D eigenvalue weighted by Gasteiger charge is -2.26. The number of fused-ring (bicyclic) bond motifs is 4. The third-order valence-corrected chi connectivity index (χ3v) is 8.05. The molecule has 8 rings (SSSR count). The van der Waals surface area contributed by atoms with Crippen molar-refractivity contribution in [2.24, 2.45) is 4.99 Å². The van der Waals surface area contributed by atoms with E-state index in [1.807, 2.05) is 6.07 Å². The molecule has 1 aromatic heterocycles. The van der Waals surface area contributed by atoms with Gasteiger partial charge in [-0.3, -0.25) is 4.99 Å². The second-order valence-electron chi connectivity index (χ2n) is 10.5. The Morgan fingerprint density at radius 2 is 1.05 bits per heavy atom. The average molecular weight is 526 g/mol. The monoisotopic (exact) mass is 525 g/mol. The van der Waals surface area contributed by atoms with Crippen LogP contribution >= 0.6 is 0 Å². The zero-order valence-corrected chi connectivity index (χ0v) is 22.4. The molecule has 1 aliphatic rings. The number of rotatable bonds is 4. The van der Waals surface area contributed by atoms with Crippen molar-refractivity contribution in [3.05, 3.63) is 168 Å². The van der Waals surface area contributed by atoms with Crippen molar-refractivity contribution in [2.45, 2.75) is 6.17 Å². The van der Waals surface area contributed by atoms with Crippen LogP contribution in [0.2, 0.25) is 0 Å². The lowest BCUT2D eigenvalue weighted by atomic mass is 9.95. The summed E-state index contributed by atoms with van der Waals surface area (Å²) in [6.45, 7) is 0. The van der Waals surface area contributed by atoms with Crippen LogP contribution in [-0.2, 0) is 0 Å². The van der Waals surface area contributed by atoms with Gasteiger partial charge in [-0.1, -0.05) is 121 Å². The van der Waals surface area contributed by atoms with Gasteiger partial charge in [-0.25, -0.2) is 0 Å². The Morgan fingerprint density at radius 1 is 0.488 bits per heavy atom. The van der Waals surface area contributed by atoms with E-state index < -0.39 is 0 Å². The van der Waals surface area contributed by atoms with Crippen LogP contribution < -0.4 is 5.32 Å². The highest BCUT2D eigenvalue weighted by molar-refractivity contribution is 6.17. The first kappa shape index (κ1) is 23.5. The van der Waals surface area contributed by atoms with E-state index in [0.717, 1.165) is 33.8 Å². The zero-order chi connectivity index (χ0) is 27.2. The fourth-order valence-electron chi connectivity index (χ4n) is 6.04. The molecule has 0 radical (unpaired) electrons. The van der Waals surface area contributed by atoms with E-state index in [-0.39, 0.29) is 6.17 Å². The minimum absolute atomic E-state index is 0.180. The van der Waals surface area contributed by atoms with Crippen molar-refractivity contribution in [1.29, 1.82) is 0 Å². The molecule has 7 aromatic rings. The summed E-state index contributed by atoms with van der Waals surface area (Å²) in [4.78, 5) is 5.26. The number of aliphatic imine (C=N–C) groups is 1. The van der Waals surface area contributed by atoms with Crippen LogP contribution in [0.1, 0.15) is 22.9 Å². The summed E-state index contributed by atoms with van der Waals surface area (Å²) in [7, 11) is 0. The number of para-hydroxylation sites is 3. The average Bonchev–Trinajstić information content (AvgIpc) is 3.39. The van der Waals surface area contributed by atoms with Crippen LogP contribution in [0.4, 0.5) is 5.69 Å². The summed E-state index contributed by atoms with van der Waals surface area (Å²) in [5.74, 6) is 0. The summed E-state index contributed by atoms with van der Waals surface area (Å²) in [6.07, 6.45) is -0.180. The smallest absolute Gasteiger partial charge is 0.145 e. The third kappa shape index (κ3) is 4.02. The Balaban J connectivity index is 1.18. The van der Waals surface area contributed by atoms with Gasteiger partial charge < -0.3 is 9.88 Å². The first-order valence-corrected chi connectivity index (χ1v) is 14.0. The number of nitrogens with zero attached hydrogens (tertiary/aromatic N) is 2. The lowest BCUT2D eigenvalue weighted by molar-refractivity contribution is 0.827. The minimum atomic E-state index is -0.180. The molecule has 0 fully saturated rings. The van der Waals surface area contributed by atoms with Gasteiger partial charge in [-0.2, -0.15) is 0 Å².